The van der Waals surface area contributed by atoms with E-state index in [2.05, 4.69) is 278 Å². The van der Waals surface area contributed by atoms with E-state index in [1.807, 2.05) is 0 Å². The minimum Gasteiger partial charge on any atom is -0.345 e. The predicted octanol–water partition coefficient (Wildman–Crippen LogP) is 19.0. The minimum absolute atomic E-state index is 1.12. The van der Waals surface area contributed by atoms with Crippen LogP contribution >= 0.6 is 0 Å². The smallest absolute Gasteiger partial charge is 0.0468 e. The summed E-state index contributed by atoms with van der Waals surface area (Å²) in [5.74, 6) is 0. The standard InChI is InChI=1S/C57H38N2.C10H8/c1-58(43-25-22-37-12-2-5-15-40(37)32-43)44-28-30-52-54(35-44)48-18-8-10-20-50(48)57-53-31-29-47(36-55(53)49-19-9-11-21-51(49)56(52)57)59(45-26-23-38-13-3-6-16-41(38)33-45)46-27-24-39-14-4-7-17-42(39)34-46;1-2-6-10-8-4-3-7-9(10)5-1/h2-36H,1H3;1-8H. The van der Waals surface area contributed by atoms with Crippen LogP contribution in [0.1, 0.15) is 0 Å². The average molecular weight is 879 g/mol. The maximum Gasteiger partial charge on any atom is 0.0468 e. The van der Waals surface area contributed by atoms with Gasteiger partial charge in [0, 0.05) is 35.5 Å². The normalized spacial score (nSPS) is 11.6. The zero-order valence-electron chi connectivity index (χ0n) is 38.2. The molecule has 0 fully saturated rings. The van der Waals surface area contributed by atoms with Crippen LogP contribution in [0.5, 0.6) is 0 Å². The highest BCUT2D eigenvalue weighted by Crippen LogP contribution is 2.47. The first kappa shape index (κ1) is 40.3. The number of nitrogens with zero attached hydrogens (tertiary/aromatic N) is 2. The van der Waals surface area contributed by atoms with E-state index >= 15 is 0 Å². The van der Waals surface area contributed by atoms with Gasteiger partial charge >= 0.3 is 0 Å². The van der Waals surface area contributed by atoms with Crippen LogP contribution in [0.2, 0.25) is 0 Å². The zero-order valence-corrected chi connectivity index (χ0v) is 38.2. The Kier molecular flexibility index (Phi) is 9.77. The van der Waals surface area contributed by atoms with Crippen LogP contribution in [0.4, 0.5) is 28.4 Å². The van der Waals surface area contributed by atoms with Crippen molar-refractivity contribution in [1.29, 1.82) is 0 Å². The molecule has 0 N–H and O–H groups in total. The van der Waals surface area contributed by atoms with Crippen LogP contribution < -0.4 is 9.80 Å². The number of benzene rings is 14. The van der Waals surface area contributed by atoms with Crippen molar-refractivity contribution in [3.63, 3.8) is 0 Å². The molecule has 14 rings (SSSR count). The number of hydrogen-bond donors (Lipinski definition) is 0. The van der Waals surface area contributed by atoms with Gasteiger partial charge in [-0.25, -0.2) is 0 Å². The van der Waals surface area contributed by atoms with Crippen LogP contribution in [-0.4, -0.2) is 7.05 Å². The van der Waals surface area contributed by atoms with Gasteiger partial charge in [-0.1, -0.05) is 200 Å². The highest BCUT2D eigenvalue weighted by molar-refractivity contribution is 6.39. The van der Waals surface area contributed by atoms with Gasteiger partial charge in [-0.3, -0.25) is 0 Å². The molecule has 0 saturated carbocycles. The fourth-order valence-corrected chi connectivity index (χ4v) is 10.7. The molecule has 2 heteroatoms. The number of fused-ring (bicyclic) bond motifs is 15. The quantitative estimate of drug-likeness (QED) is 0.159. The molecule has 14 aromatic rings. The van der Waals surface area contributed by atoms with Crippen molar-refractivity contribution in [1.82, 2.24) is 0 Å². The van der Waals surface area contributed by atoms with Crippen molar-refractivity contribution in [2.45, 2.75) is 0 Å². The van der Waals surface area contributed by atoms with E-state index < -0.39 is 0 Å². The second-order valence-corrected chi connectivity index (χ2v) is 18.1. The van der Waals surface area contributed by atoms with Gasteiger partial charge in [-0.2, -0.15) is 0 Å². The molecule has 0 aliphatic rings. The lowest BCUT2D eigenvalue weighted by molar-refractivity contribution is 1.22. The molecule has 0 aromatic heterocycles. The van der Waals surface area contributed by atoms with Gasteiger partial charge in [-0.15, -0.1) is 0 Å². The summed E-state index contributed by atoms with van der Waals surface area (Å²) >= 11 is 0. The van der Waals surface area contributed by atoms with E-state index in [4.69, 9.17) is 0 Å². The first-order chi connectivity index (χ1) is 34.1. The SMILES string of the molecule is CN(c1ccc2ccccc2c1)c1ccc2c(c1)c1ccccc1c1c3ccc(N(c4ccc5ccccc5c4)c4ccc5ccccc5c4)cc3c3ccccc3c21.c1ccc2ccccc2c1. The van der Waals surface area contributed by atoms with Crippen LogP contribution in [-0.2, 0) is 0 Å². The third-order valence-corrected chi connectivity index (χ3v) is 14.2. The summed E-state index contributed by atoms with van der Waals surface area (Å²) in [6.45, 7) is 0. The van der Waals surface area contributed by atoms with E-state index in [1.165, 1.54) is 103 Å². The highest BCUT2D eigenvalue weighted by Gasteiger charge is 2.20. The number of rotatable bonds is 5. The Morgan fingerprint density at radius 1 is 0.203 bits per heavy atom. The maximum atomic E-state index is 2.42. The van der Waals surface area contributed by atoms with E-state index in [-0.39, 0.29) is 0 Å². The van der Waals surface area contributed by atoms with E-state index in [0.29, 0.717) is 0 Å². The topological polar surface area (TPSA) is 6.48 Å². The molecule has 0 atom stereocenters. The van der Waals surface area contributed by atoms with Gasteiger partial charge in [0.15, 0.2) is 0 Å². The van der Waals surface area contributed by atoms with Crippen LogP contribution in [0, 0.1) is 0 Å². The molecule has 0 radical (unpaired) electrons. The molecule has 14 aromatic carbocycles. The predicted molar refractivity (Wildman–Crippen MR) is 300 cm³/mol. The average Bonchev–Trinajstić information content (AvgIpc) is 3.42. The summed E-state index contributed by atoms with van der Waals surface area (Å²) in [6, 6.07) is 95.0. The largest absolute Gasteiger partial charge is 0.345 e. The lowest BCUT2D eigenvalue weighted by Gasteiger charge is -2.27. The summed E-state index contributed by atoms with van der Waals surface area (Å²) in [5, 5.41) is 22.7. The van der Waals surface area contributed by atoms with Crippen molar-refractivity contribution >= 4 is 125 Å². The Morgan fingerprint density at radius 2 is 0.464 bits per heavy atom. The number of hydrogen-bond acceptors (Lipinski definition) is 2. The van der Waals surface area contributed by atoms with Crippen molar-refractivity contribution in [2.75, 3.05) is 16.8 Å². The third kappa shape index (κ3) is 7.05. The molecule has 0 spiro atoms. The Bertz CT molecular complexity index is 4160. The molecule has 69 heavy (non-hydrogen) atoms. The minimum atomic E-state index is 1.12. The van der Waals surface area contributed by atoms with Crippen molar-refractivity contribution < 1.29 is 0 Å². The molecule has 0 bridgehead atoms. The van der Waals surface area contributed by atoms with Gasteiger partial charge < -0.3 is 9.80 Å². The molecule has 2 nitrogen and oxygen atoms in total. The van der Waals surface area contributed by atoms with Gasteiger partial charge in [0.05, 0.1) is 0 Å². The van der Waals surface area contributed by atoms with Crippen LogP contribution in [0.25, 0.3) is 97.0 Å². The number of anilines is 5. The molecule has 0 aliphatic heterocycles. The van der Waals surface area contributed by atoms with E-state index in [9.17, 15) is 0 Å². The lowest BCUT2D eigenvalue weighted by atomic mass is 9.87. The summed E-state index contributed by atoms with van der Waals surface area (Å²) in [5.41, 5.74) is 5.71. The third-order valence-electron chi connectivity index (χ3n) is 14.2. The van der Waals surface area contributed by atoms with E-state index in [1.54, 1.807) is 0 Å². The van der Waals surface area contributed by atoms with Crippen molar-refractivity contribution in [3.8, 4) is 0 Å². The fourth-order valence-electron chi connectivity index (χ4n) is 10.7. The molecule has 0 saturated heterocycles. The lowest BCUT2D eigenvalue weighted by Crippen LogP contribution is -2.10. The Hall–Kier alpha value is -8.98. The molecule has 324 valence electrons. The fraction of sp³-hybridized carbons (Fsp3) is 0.0149. The zero-order chi connectivity index (χ0) is 45.8. The first-order valence-electron chi connectivity index (χ1n) is 23.8. The summed E-state index contributed by atoms with van der Waals surface area (Å²) in [6.07, 6.45) is 0. The molecule has 0 heterocycles. The monoisotopic (exact) mass is 878 g/mol. The van der Waals surface area contributed by atoms with Gasteiger partial charge in [0.2, 0.25) is 0 Å². The highest BCUT2D eigenvalue weighted by atomic mass is 15.1. The maximum absolute atomic E-state index is 2.42. The summed E-state index contributed by atoms with van der Waals surface area (Å²) < 4.78 is 0. The van der Waals surface area contributed by atoms with Crippen molar-refractivity contribution in [2.24, 2.45) is 0 Å². The Labute approximate surface area is 401 Å². The van der Waals surface area contributed by atoms with Gasteiger partial charge in [0.25, 0.3) is 0 Å². The van der Waals surface area contributed by atoms with E-state index in [0.717, 1.165) is 22.7 Å². The first-order valence-corrected chi connectivity index (χ1v) is 23.8. The summed E-state index contributed by atoms with van der Waals surface area (Å²) in [7, 11) is 2.17. The van der Waals surface area contributed by atoms with Gasteiger partial charge in [0.1, 0.15) is 0 Å². The van der Waals surface area contributed by atoms with Gasteiger partial charge in [-0.05, 0) is 158 Å². The van der Waals surface area contributed by atoms with Crippen LogP contribution in [0.15, 0.2) is 261 Å². The second kappa shape index (κ2) is 16.7. The summed E-state index contributed by atoms with van der Waals surface area (Å²) in [4.78, 5) is 4.73. The Balaban J connectivity index is 0.000000416. The van der Waals surface area contributed by atoms with Crippen LogP contribution in [0.3, 0.4) is 0 Å². The molecular weight excluding hydrogens is 833 g/mol. The molecular formula is C67H46N2. The molecule has 0 aliphatic carbocycles. The Morgan fingerprint density at radius 3 is 0.899 bits per heavy atom. The molecule has 0 amide bonds. The second-order valence-electron chi connectivity index (χ2n) is 18.1. The molecule has 0 unspecified atom stereocenters. The van der Waals surface area contributed by atoms with Crippen molar-refractivity contribution in [3.05, 3.63) is 261 Å².